The second-order valence-electron chi connectivity index (χ2n) is 8.31. The van der Waals surface area contributed by atoms with Gasteiger partial charge in [0.15, 0.2) is 0 Å². The Morgan fingerprint density at radius 2 is 1.79 bits per heavy atom. The highest BCUT2D eigenvalue weighted by Gasteiger charge is 2.37. The van der Waals surface area contributed by atoms with Gasteiger partial charge in [-0.15, -0.1) is 11.3 Å². The molecule has 0 radical (unpaired) electrons. The van der Waals surface area contributed by atoms with E-state index in [1.807, 2.05) is 12.1 Å². The van der Waals surface area contributed by atoms with Crippen molar-refractivity contribution in [3.8, 4) is 16.9 Å². The van der Waals surface area contributed by atoms with E-state index in [9.17, 15) is 23.1 Å². The molecule has 3 N–H and O–H groups in total. The fraction of sp³-hybridized carbons (Fsp3) is 0.320. The molecule has 34 heavy (non-hydrogen) atoms. The first-order valence-corrected chi connectivity index (χ1v) is 11.6. The summed E-state index contributed by atoms with van der Waals surface area (Å²) in [6, 6.07) is 16.8. The molecular weight excluding hydrogens is 467 g/mol. The lowest BCUT2D eigenvalue weighted by molar-refractivity contribution is -0.141. The Bertz CT molecular complexity index is 1120. The highest BCUT2D eigenvalue weighted by molar-refractivity contribution is 7.12. The summed E-state index contributed by atoms with van der Waals surface area (Å²) < 4.78 is 46.3. The van der Waals surface area contributed by atoms with Crippen molar-refractivity contribution >= 4 is 17.3 Å². The average molecular weight is 492 g/mol. The van der Waals surface area contributed by atoms with E-state index in [1.54, 1.807) is 42.5 Å². The van der Waals surface area contributed by atoms with Gasteiger partial charge in [0.25, 0.3) is 0 Å². The zero-order valence-electron chi connectivity index (χ0n) is 18.1. The number of hydrogen-bond acceptors (Lipinski definition) is 5. The standard InChI is InChI=1S/C25H24F3NO4S/c26-25(27,28)23-20(16-4-2-1-3-5-16)12-19(34-23)14-33-18-8-6-15(7-9-18)13-29-21-10-17(24(31)32)11-22(21)30/h1-9,12,17,21-22,29-30H,10-11,13-14H2,(H,31,32)/t17-,21+,22-/m0/s1. The number of rotatable bonds is 8. The van der Waals surface area contributed by atoms with Crippen LogP contribution in [0.4, 0.5) is 13.2 Å². The first kappa shape index (κ1) is 24.3. The molecule has 3 atom stereocenters. The maximum absolute atomic E-state index is 13.5. The first-order chi connectivity index (χ1) is 16.2. The summed E-state index contributed by atoms with van der Waals surface area (Å²) in [5.74, 6) is -0.909. The van der Waals surface area contributed by atoms with Crippen LogP contribution in [0.15, 0.2) is 60.7 Å². The molecule has 5 nitrogen and oxygen atoms in total. The monoisotopic (exact) mass is 491 g/mol. The lowest BCUT2D eigenvalue weighted by Gasteiger charge is -2.16. The number of benzene rings is 2. The number of nitrogens with one attached hydrogen (secondary N) is 1. The molecule has 1 aliphatic rings. The van der Waals surface area contributed by atoms with E-state index in [2.05, 4.69) is 5.32 Å². The van der Waals surface area contributed by atoms with Crippen molar-refractivity contribution in [2.45, 2.75) is 44.3 Å². The van der Waals surface area contributed by atoms with Gasteiger partial charge >= 0.3 is 12.1 Å². The quantitative estimate of drug-likeness (QED) is 0.397. The van der Waals surface area contributed by atoms with Gasteiger partial charge in [-0.3, -0.25) is 4.79 Å². The van der Waals surface area contributed by atoms with E-state index < -0.39 is 29.0 Å². The van der Waals surface area contributed by atoms with Crippen LogP contribution < -0.4 is 10.1 Å². The Balaban J connectivity index is 1.36. The van der Waals surface area contributed by atoms with Crippen molar-refractivity contribution in [1.29, 1.82) is 0 Å². The zero-order chi connectivity index (χ0) is 24.3. The van der Waals surface area contributed by atoms with Gasteiger partial charge in [-0.2, -0.15) is 13.2 Å². The van der Waals surface area contributed by atoms with Gasteiger partial charge in [0.05, 0.1) is 12.0 Å². The number of aliphatic carboxylic acids is 1. The Kier molecular flexibility index (Phi) is 7.25. The Morgan fingerprint density at radius 1 is 1.09 bits per heavy atom. The Morgan fingerprint density at radius 3 is 2.41 bits per heavy atom. The molecule has 1 fully saturated rings. The molecule has 0 bridgehead atoms. The third-order valence-corrected chi connectivity index (χ3v) is 7.03. The lowest BCUT2D eigenvalue weighted by Crippen LogP contribution is -2.35. The summed E-state index contributed by atoms with van der Waals surface area (Å²) in [4.78, 5) is 10.9. The normalized spacial score (nSPS) is 20.4. The fourth-order valence-electron chi connectivity index (χ4n) is 4.10. The summed E-state index contributed by atoms with van der Waals surface area (Å²) >= 11 is 0.683. The van der Waals surface area contributed by atoms with Crippen molar-refractivity contribution in [2.75, 3.05) is 0 Å². The number of carbonyl (C=O) groups is 1. The van der Waals surface area contributed by atoms with E-state index in [-0.39, 0.29) is 24.6 Å². The maximum Gasteiger partial charge on any atom is 0.426 e. The van der Waals surface area contributed by atoms with Crippen LogP contribution in [-0.2, 0) is 24.1 Å². The minimum absolute atomic E-state index is 0.0169. The van der Waals surface area contributed by atoms with Crippen LogP contribution >= 0.6 is 11.3 Å². The molecule has 2 aromatic carbocycles. The van der Waals surface area contributed by atoms with Gasteiger partial charge < -0.3 is 20.3 Å². The summed E-state index contributed by atoms with van der Waals surface area (Å²) in [7, 11) is 0. The number of aliphatic hydroxyl groups excluding tert-OH is 1. The first-order valence-electron chi connectivity index (χ1n) is 10.8. The predicted octanol–water partition coefficient (Wildman–Crippen LogP) is 5.33. The third-order valence-electron chi connectivity index (χ3n) is 5.88. The second-order valence-corrected chi connectivity index (χ2v) is 9.45. The van der Waals surface area contributed by atoms with E-state index >= 15 is 0 Å². The van der Waals surface area contributed by atoms with Crippen LogP contribution in [0.3, 0.4) is 0 Å². The smallest absolute Gasteiger partial charge is 0.426 e. The highest BCUT2D eigenvalue weighted by Crippen LogP contribution is 2.43. The second kappa shape index (κ2) is 10.2. The van der Waals surface area contributed by atoms with Gasteiger partial charge in [-0.25, -0.2) is 0 Å². The molecule has 0 unspecified atom stereocenters. The topological polar surface area (TPSA) is 78.8 Å². The van der Waals surface area contributed by atoms with Gasteiger partial charge in [0, 0.05) is 23.0 Å². The molecule has 4 rings (SSSR count). The van der Waals surface area contributed by atoms with Crippen LogP contribution in [0.25, 0.3) is 11.1 Å². The number of carboxylic acids is 1. The number of carboxylic acid groups (broad SMARTS) is 1. The summed E-state index contributed by atoms with van der Waals surface area (Å²) in [6.07, 6.45) is -4.52. The summed E-state index contributed by atoms with van der Waals surface area (Å²) in [5.41, 5.74) is 1.58. The van der Waals surface area contributed by atoms with Crippen LogP contribution in [0.5, 0.6) is 5.75 Å². The van der Waals surface area contributed by atoms with E-state index in [1.165, 1.54) is 6.07 Å². The van der Waals surface area contributed by atoms with Crippen LogP contribution in [0, 0.1) is 5.92 Å². The molecule has 1 aromatic heterocycles. The van der Waals surface area contributed by atoms with Gasteiger partial charge in [-0.05, 0) is 42.2 Å². The van der Waals surface area contributed by atoms with E-state index in [0.29, 0.717) is 40.5 Å². The van der Waals surface area contributed by atoms with Crippen molar-refractivity contribution in [3.63, 3.8) is 0 Å². The SMILES string of the molecule is O=C(O)[C@@H]1C[C@H](O)[C@H](NCc2ccc(OCc3cc(-c4ccccc4)c(C(F)(F)F)s3)cc2)C1. The lowest BCUT2D eigenvalue weighted by atomic mass is 10.1. The molecule has 0 amide bonds. The largest absolute Gasteiger partial charge is 0.488 e. The van der Waals surface area contributed by atoms with E-state index in [0.717, 1.165) is 5.56 Å². The van der Waals surface area contributed by atoms with Gasteiger partial charge in [0.2, 0.25) is 0 Å². The van der Waals surface area contributed by atoms with Crippen LogP contribution in [0.1, 0.15) is 28.2 Å². The van der Waals surface area contributed by atoms with Crippen molar-refractivity contribution in [3.05, 3.63) is 76.0 Å². The molecule has 0 saturated heterocycles. The zero-order valence-corrected chi connectivity index (χ0v) is 18.9. The molecule has 1 aliphatic carbocycles. The Hall–Kier alpha value is -2.88. The Labute approximate surface area is 198 Å². The maximum atomic E-state index is 13.5. The van der Waals surface area contributed by atoms with Crippen molar-refractivity contribution in [2.24, 2.45) is 5.92 Å². The van der Waals surface area contributed by atoms with Gasteiger partial charge in [-0.1, -0.05) is 42.5 Å². The molecule has 0 spiro atoms. The fourth-order valence-corrected chi connectivity index (χ4v) is 5.06. The highest BCUT2D eigenvalue weighted by atomic mass is 32.1. The number of aliphatic hydroxyl groups is 1. The molecular formula is C25H24F3NO4S. The minimum Gasteiger partial charge on any atom is -0.488 e. The van der Waals surface area contributed by atoms with Crippen molar-refractivity contribution in [1.82, 2.24) is 5.32 Å². The predicted molar refractivity (Wildman–Crippen MR) is 123 cm³/mol. The summed E-state index contributed by atoms with van der Waals surface area (Å²) in [6.45, 7) is 0.470. The summed E-state index contributed by atoms with van der Waals surface area (Å²) in [5, 5.41) is 22.3. The number of thiophene rings is 1. The molecule has 9 heteroatoms. The van der Waals surface area contributed by atoms with Crippen molar-refractivity contribution < 1.29 is 32.9 Å². The number of hydrogen-bond donors (Lipinski definition) is 3. The van der Waals surface area contributed by atoms with Gasteiger partial charge in [0.1, 0.15) is 17.2 Å². The molecule has 0 aliphatic heterocycles. The number of ether oxygens (including phenoxy) is 1. The van der Waals surface area contributed by atoms with Crippen LogP contribution in [-0.4, -0.2) is 28.3 Å². The molecule has 3 aromatic rings. The average Bonchev–Trinajstić information content (AvgIpc) is 3.41. The molecule has 1 heterocycles. The number of alkyl halides is 3. The minimum atomic E-state index is -4.44. The molecule has 1 saturated carbocycles. The molecule has 180 valence electrons. The number of halogens is 3. The third kappa shape index (κ3) is 5.78. The van der Waals surface area contributed by atoms with E-state index in [4.69, 9.17) is 9.84 Å². The van der Waals surface area contributed by atoms with Crippen LogP contribution in [0.2, 0.25) is 0 Å².